The minimum atomic E-state index is -1.80. The molecular weight excluding hydrogens is 332 g/mol. The van der Waals surface area contributed by atoms with E-state index >= 15 is 0 Å². The molecule has 0 saturated heterocycles. The van der Waals surface area contributed by atoms with Crippen LogP contribution in [0.5, 0.6) is 0 Å². The van der Waals surface area contributed by atoms with Crippen molar-refractivity contribution in [1.29, 1.82) is 0 Å². The van der Waals surface area contributed by atoms with Crippen molar-refractivity contribution < 1.29 is 34.4 Å². The fourth-order valence-corrected chi connectivity index (χ4v) is 1.96. The number of esters is 1. The van der Waals surface area contributed by atoms with Crippen molar-refractivity contribution in [3.05, 3.63) is 41.5 Å². The highest BCUT2D eigenvalue weighted by Crippen LogP contribution is 2.11. The van der Waals surface area contributed by atoms with E-state index in [4.69, 9.17) is 14.9 Å². The summed E-state index contributed by atoms with van der Waals surface area (Å²) < 4.78 is 4.73. The summed E-state index contributed by atoms with van der Waals surface area (Å²) in [4.78, 5) is 34.0. The summed E-state index contributed by atoms with van der Waals surface area (Å²) in [6, 6.07) is 5.41. The highest BCUT2D eigenvalue weighted by atomic mass is 16.5. The molecule has 0 aromatic heterocycles. The number of aliphatic hydroxyl groups is 1. The van der Waals surface area contributed by atoms with Crippen LogP contribution < -0.4 is 5.43 Å². The zero-order valence-corrected chi connectivity index (χ0v) is 13.7. The number of nitrogens with one attached hydrogen (secondary N) is 1. The Hall–Kier alpha value is -3.07. The van der Waals surface area contributed by atoms with Gasteiger partial charge in [-0.05, 0) is 19.4 Å². The number of rotatable bonds is 6. The lowest BCUT2D eigenvalue weighted by Crippen LogP contribution is -2.58. The van der Waals surface area contributed by atoms with Crippen molar-refractivity contribution in [1.82, 2.24) is 10.4 Å². The number of nitrogens with zero attached hydrogens (tertiary/aromatic N) is 1. The standard InChI is InChI=1S/C16H20N2O7/c1-3-25-14(20)13(18(16(23)24)17-15(21)22)12(19)9-8-11-6-4-10(2)5-7-11/h4-9,12-13,17,19H,3H2,1-2H3,(H,21,22)(H,23,24)/t12-,13?/m1/s1. The Morgan fingerprint density at radius 3 is 2.32 bits per heavy atom. The minimum Gasteiger partial charge on any atom is -0.464 e. The number of benzene rings is 1. The van der Waals surface area contributed by atoms with Crippen LogP contribution in [0.3, 0.4) is 0 Å². The van der Waals surface area contributed by atoms with Crippen molar-refractivity contribution in [2.75, 3.05) is 6.61 Å². The predicted octanol–water partition coefficient (Wildman–Crippen LogP) is 1.46. The molecule has 1 unspecified atom stereocenters. The first-order chi connectivity index (χ1) is 11.8. The fraction of sp³-hybridized carbons (Fsp3) is 0.312. The summed E-state index contributed by atoms with van der Waals surface area (Å²) >= 11 is 0. The third-order valence-electron chi connectivity index (χ3n) is 3.12. The van der Waals surface area contributed by atoms with Crippen LogP contribution in [0.4, 0.5) is 9.59 Å². The summed E-state index contributed by atoms with van der Waals surface area (Å²) in [5, 5.41) is 28.2. The van der Waals surface area contributed by atoms with E-state index < -0.39 is 30.3 Å². The van der Waals surface area contributed by atoms with Gasteiger partial charge in [0.2, 0.25) is 0 Å². The number of aliphatic hydroxyl groups excluding tert-OH is 1. The monoisotopic (exact) mass is 352 g/mol. The number of carbonyl (C=O) groups excluding carboxylic acids is 1. The van der Waals surface area contributed by atoms with Gasteiger partial charge in [0.05, 0.1) is 6.61 Å². The maximum Gasteiger partial charge on any atom is 0.427 e. The van der Waals surface area contributed by atoms with Gasteiger partial charge in [-0.3, -0.25) is 0 Å². The molecule has 1 rings (SSSR count). The summed E-state index contributed by atoms with van der Waals surface area (Å²) in [5.41, 5.74) is 3.30. The van der Waals surface area contributed by atoms with Gasteiger partial charge in [0.15, 0.2) is 6.04 Å². The van der Waals surface area contributed by atoms with E-state index in [2.05, 4.69) is 0 Å². The third-order valence-corrected chi connectivity index (χ3v) is 3.12. The summed E-state index contributed by atoms with van der Waals surface area (Å²) in [5.74, 6) is -1.08. The molecule has 2 atom stereocenters. The van der Waals surface area contributed by atoms with Crippen LogP contribution >= 0.6 is 0 Å². The molecule has 0 bridgehead atoms. The molecule has 1 aromatic carbocycles. The second-order valence-corrected chi connectivity index (χ2v) is 5.03. The second kappa shape index (κ2) is 9.28. The number of amides is 2. The fourth-order valence-electron chi connectivity index (χ4n) is 1.96. The Kier molecular flexibility index (Phi) is 7.42. The molecule has 2 amide bonds. The van der Waals surface area contributed by atoms with Gasteiger partial charge in [-0.2, -0.15) is 5.01 Å². The average Bonchev–Trinajstić information content (AvgIpc) is 2.53. The van der Waals surface area contributed by atoms with Crippen LogP contribution in [0.2, 0.25) is 0 Å². The van der Waals surface area contributed by atoms with Gasteiger partial charge in [0, 0.05) is 0 Å². The van der Waals surface area contributed by atoms with Gasteiger partial charge in [-0.25, -0.2) is 19.8 Å². The van der Waals surface area contributed by atoms with Gasteiger partial charge in [-0.1, -0.05) is 42.0 Å². The van der Waals surface area contributed by atoms with Gasteiger partial charge in [0.1, 0.15) is 6.10 Å². The zero-order chi connectivity index (χ0) is 19.0. The zero-order valence-electron chi connectivity index (χ0n) is 13.7. The van der Waals surface area contributed by atoms with Crippen LogP contribution in [0.1, 0.15) is 18.1 Å². The predicted molar refractivity (Wildman–Crippen MR) is 87.7 cm³/mol. The first-order valence-corrected chi connectivity index (χ1v) is 7.37. The van der Waals surface area contributed by atoms with E-state index in [1.165, 1.54) is 19.1 Å². The summed E-state index contributed by atoms with van der Waals surface area (Å²) in [6.07, 6.45) is -2.43. The van der Waals surface area contributed by atoms with Crippen molar-refractivity contribution in [2.24, 2.45) is 0 Å². The number of hydrogen-bond donors (Lipinski definition) is 4. The number of ether oxygens (including phenoxy) is 1. The van der Waals surface area contributed by atoms with Crippen LogP contribution in [0.15, 0.2) is 30.3 Å². The number of carbonyl (C=O) groups is 3. The maximum atomic E-state index is 12.0. The highest BCUT2D eigenvalue weighted by molar-refractivity contribution is 5.83. The second-order valence-electron chi connectivity index (χ2n) is 5.03. The number of hydrazine groups is 1. The Labute approximate surface area is 144 Å². The molecule has 1 aromatic rings. The molecule has 9 nitrogen and oxygen atoms in total. The molecule has 0 heterocycles. The quantitative estimate of drug-likeness (QED) is 0.449. The maximum absolute atomic E-state index is 12.0. The molecule has 0 saturated carbocycles. The SMILES string of the molecule is CCOC(=O)C([C@H](O)C=Cc1ccc(C)cc1)N(NC(=O)O)C(=O)O. The first-order valence-electron chi connectivity index (χ1n) is 7.37. The van der Waals surface area contributed by atoms with Crippen molar-refractivity contribution in [3.63, 3.8) is 0 Å². The molecule has 0 fully saturated rings. The molecule has 4 N–H and O–H groups in total. The van der Waals surface area contributed by atoms with Gasteiger partial charge in [0.25, 0.3) is 0 Å². The van der Waals surface area contributed by atoms with Gasteiger partial charge < -0.3 is 20.1 Å². The van der Waals surface area contributed by atoms with Crippen molar-refractivity contribution >= 4 is 24.2 Å². The molecule has 25 heavy (non-hydrogen) atoms. The van der Waals surface area contributed by atoms with E-state index in [0.717, 1.165) is 5.56 Å². The molecular formula is C16H20N2O7. The minimum absolute atomic E-state index is 0.0652. The Balaban J connectivity index is 3.07. The lowest BCUT2D eigenvalue weighted by atomic mass is 10.1. The van der Waals surface area contributed by atoms with Crippen molar-refractivity contribution in [3.8, 4) is 0 Å². The van der Waals surface area contributed by atoms with Crippen LogP contribution in [-0.4, -0.2) is 57.2 Å². The van der Waals surface area contributed by atoms with Gasteiger partial charge in [-0.15, -0.1) is 0 Å². The Morgan fingerprint density at radius 1 is 1.24 bits per heavy atom. The highest BCUT2D eigenvalue weighted by Gasteiger charge is 2.37. The largest absolute Gasteiger partial charge is 0.464 e. The smallest absolute Gasteiger partial charge is 0.427 e. The molecule has 136 valence electrons. The van der Waals surface area contributed by atoms with Gasteiger partial charge >= 0.3 is 18.2 Å². The molecule has 0 spiro atoms. The third kappa shape index (κ3) is 6.15. The number of carboxylic acid groups (broad SMARTS) is 2. The lowest BCUT2D eigenvalue weighted by Gasteiger charge is -2.28. The molecule has 9 heteroatoms. The van der Waals surface area contributed by atoms with Crippen LogP contribution in [-0.2, 0) is 9.53 Å². The van der Waals surface area contributed by atoms with E-state index in [0.29, 0.717) is 5.56 Å². The van der Waals surface area contributed by atoms with E-state index in [1.54, 1.807) is 17.6 Å². The van der Waals surface area contributed by atoms with Crippen LogP contribution in [0, 0.1) is 6.92 Å². The normalized spacial score (nSPS) is 13.1. The molecule has 0 aliphatic heterocycles. The Morgan fingerprint density at radius 2 is 1.84 bits per heavy atom. The number of hydrogen-bond acceptors (Lipinski definition) is 5. The van der Waals surface area contributed by atoms with Crippen molar-refractivity contribution in [2.45, 2.75) is 26.0 Å². The molecule has 0 radical (unpaired) electrons. The molecule has 0 aliphatic rings. The van der Waals surface area contributed by atoms with E-state index in [1.807, 2.05) is 19.1 Å². The average molecular weight is 352 g/mol. The lowest BCUT2D eigenvalue weighted by molar-refractivity contribution is -0.153. The Bertz CT molecular complexity index is 642. The van der Waals surface area contributed by atoms with E-state index in [-0.39, 0.29) is 11.6 Å². The van der Waals surface area contributed by atoms with E-state index in [9.17, 15) is 19.5 Å². The first kappa shape index (κ1) is 20.0. The van der Waals surface area contributed by atoms with Crippen LogP contribution in [0.25, 0.3) is 6.08 Å². The topological polar surface area (TPSA) is 136 Å². The molecule has 0 aliphatic carbocycles. The summed E-state index contributed by atoms with van der Waals surface area (Å²) in [6.45, 7) is 3.34. The summed E-state index contributed by atoms with van der Waals surface area (Å²) in [7, 11) is 0. The number of aryl methyl sites for hydroxylation is 1.